The third-order valence-electron chi connectivity index (χ3n) is 3.78. The number of carbonyl (C=O) groups excluding carboxylic acids is 2. The summed E-state index contributed by atoms with van der Waals surface area (Å²) in [7, 11) is 0. The predicted molar refractivity (Wildman–Crippen MR) is 75.2 cm³/mol. The van der Waals surface area contributed by atoms with E-state index in [4.69, 9.17) is 4.74 Å². The third-order valence-corrected chi connectivity index (χ3v) is 3.78. The average molecular weight is 283 g/mol. The Morgan fingerprint density at radius 2 is 1.95 bits per heavy atom. The van der Waals surface area contributed by atoms with E-state index in [9.17, 15) is 9.59 Å². The van der Waals surface area contributed by atoms with Gasteiger partial charge in [0.15, 0.2) is 0 Å². The number of nitrogens with one attached hydrogen (secondary N) is 1. The number of hydrogen-bond acceptors (Lipinski definition) is 4. The van der Waals surface area contributed by atoms with Crippen molar-refractivity contribution < 1.29 is 14.3 Å². The molecule has 1 atom stereocenters. The zero-order chi connectivity index (χ0) is 14.5. The van der Waals surface area contributed by atoms with Crippen LogP contribution in [0.1, 0.15) is 20.3 Å². The van der Waals surface area contributed by atoms with E-state index in [1.807, 2.05) is 18.7 Å². The van der Waals surface area contributed by atoms with Crippen molar-refractivity contribution in [3.63, 3.8) is 0 Å². The lowest BCUT2D eigenvalue weighted by molar-refractivity contribution is -0.137. The fraction of sp³-hybridized carbons (Fsp3) is 0.857. The van der Waals surface area contributed by atoms with Crippen LogP contribution < -0.4 is 5.32 Å². The van der Waals surface area contributed by atoms with Crippen molar-refractivity contribution in [1.29, 1.82) is 0 Å². The van der Waals surface area contributed by atoms with Gasteiger partial charge in [-0.2, -0.15) is 0 Å². The Kier molecular flexibility index (Phi) is 5.37. The second-order valence-electron chi connectivity index (χ2n) is 5.88. The Morgan fingerprint density at radius 1 is 1.25 bits per heavy atom. The topological polar surface area (TPSA) is 61.9 Å². The van der Waals surface area contributed by atoms with Crippen LogP contribution in [0.15, 0.2) is 0 Å². The Hall–Kier alpha value is -1.14. The van der Waals surface area contributed by atoms with Gasteiger partial charge in [0.05, 0.1) is 19.1 Å². The lowest BCUT2D eigenvalue weighted by Gasteiger charge is -2.35. The number of rotatable bonds is 4. The van der Waals surface area contributed by atoms with Crippen molar-refractivity contribution in [2.24, 2.45) is 5.92 Å². The number of ether oxygens (including phenoxy) is 1. The Labute approximate surface area is 120 Å². The van der Waals surface area contributed by atoms with Crippen LogP contribution in [0, 0.1) is 5.92 Å². The summed E-state index contributed by atoms with van der Waals surface area (Å²) < 4.78 is 5.27. The van der Waals surface area contributed by atoms with Crippen LogP contribution in [0.25, 0.3) is 0 Å². The van der Waals surface area contributed by atoms with E-state index in [-0.39, 0.29) is 23.8 Å². The fourth-order valence-electron chi connectivity index (χ4n) is 2.68. The minimum Gasteiger partial charge on any atom is -0.381 e. The van der Waals surface area contributed by atoms with Crippen LogP contribution in [-0.2, 0) is 14.3 Å². The number of piperazine rings is 1. The molecule has 0 aromatic heterocycles. The van der Waals surface area contributed by atoms with Crippen LogP contribution in [-0.4, -0.2) is 73.6 Å². The van der Waals surface area contributed by atoms with E-state index in [0.29, 0.717) is 32.8 Å². The van der Waals surface area contributed by atoms with Crippen LogP contribution in [0.3, 0.4) is 0 Å². The van der Waals surface area contributed by atoms with E-state index in [1.54, 1.807) is 0 Å². The van der Waals surface area contributed by atoms with Gasteiger partial charge in [-0.25, -0.2) is 0 Å². The zero-order valence-corrected chi connectivity index (χ0v) is 12.4. The summed E-state index contributed by atoms with van der Waals surface area (Å²) in [6.45, 7) is 8.56. The standard InChI is InChI=1S/C14H25N3O3/c1-11(2)15-13(18)9-16-4-6-17(7-5-16)14(19)12-3-8-20-10-12/h11-12H,3-10H2,1-2H3,(H,15,18). The van der Waals surface area contributed by atoms with E-state index >= 15 is 0 Å². The van der Waals surface area contributed by atoms with Gasteiger partial charge < -0.3 is 15.0 Å². The maximum Gasteiger partial charge on any atom is 0.234 e. The van der Waals surface area contributed by atoms with E-state index < -0.39 is 0 Å². The van der Waals surface area contributed by atoms with E-state index in [0.717, 1.165) is 19.5 Å². The molecular formula is C14H25N3O3. The zero-order valence-electron chi connectivity index (χ0n) is 12.4. The molecule has 2 rings (SSSR count). The average Bonchev–Trinajstić information content (AvgIpc) is 2.91. The van der Waals surface area contributed by atoms with E-state index in [1.165, 1.54) is 0 Å². The van der Waals surface area contributed by atoms with Gasteiger partial charge in [-0.3, -0.25) is 14.5 Å². The molecule has 2 saturated heterocycles. The molecule has 0 spiro atoms. The molecule has 6 heteroatoms. The Morgan fingerprint density at radius 3 is 2.50 bits per heavy atom. The van der Waals surface area contributed by atoms with Gasteiger partial charge in [-0.1, -0.05) is 0 Å². The summed E-state index contributed by atoms with van der Waals surface area (Å²) in [6, 6.07) is 0.174. The molecule has 0 saturated carbocycles. The first-order chi connectivity index (χ1) is 9.56. The molecule has 2 aliphatic rings. The summed E-state index contributed by atoms with van der Waals surface area (Å²) in [4.78, 5) is 27.9. The van der Waals surface area contributed by atoms with Crippen molar-refractivity contribution in [2.45, 2.75) is 26.3 Å². The molecule has 0 aromatic rings. The predicted octanol–water partition coefficient (Wildman–Crippen LogP) is -0.308. The third kappa shape index (κ3) is 4.18. The van der Waals surface area contributed by atoms with Gasteiger partial charge in [-0.15, -0.1) is 0 Å². The molecule has 20 heavy (non-hydrogen) atoms. The number of carbonyl (C=O) groups is 2. The molecule has 0 aliphatic carbocycles. The lowest BCUT2D eigenvalue weighted by atomic mass is 10.1. The Balaban J connectivity index is 1.72. The molecule has 2 heterocycles. The highest BCUT2D eigenvalue weighted by atomic mass is 16.5. The summed E-state index contributed by atoms with van der Waals surface area (Å²) >= 11 is 0. The highest BCUT2D eigenvalue weighted by Gasteiger charge is 2.30. The van der Waals surface area contributed by atoms with Crippen LogP contribution >= 0.6 is 0 Å². The first-order valence-electron chi connectivity index (χ1n) is 7.44. The Bertz CT molecular complexity index is 346. The molecule has 0 radical (unpaired) electrons. The highest BCUT2D eigenvalue weighted by molar-refractivity contribution is 5.80. The molecule has 114 valence electrons. The SMILES string of the molecule is CC(C)NC(=O)CN1CCN(C(=O)C2CCOC2)CC1. The summed E-state index contributed by atoms with van der Waals surface area (Å²) in [5.74, 6) is 0.323. The normalized spacial score (nSPS) is 24.1. The van der Waals surface area contributed by atoms with Gasteiger partial charge in [0.2, 0.25) is 11.8 Å². The maximum atomic E-state index is 12.2. The summed E-state index contributed by atoms with van der Waals surface area (Å²) in [6.07, 6.45) is 0.843. The number of nitrogens with zero attached hydrogens (tertiary/aromatic N) is 2. The van der Waals surface area contributed by atoms with Gasteiger partial charge in [0.1, 0.15) is 0 Å². The van der Waals surface area contributed by atoms with Crippen molar-refractivity contribution in [3.05, 3.63) is 0 Å². The molecule has 2 fully saturated rings. The maximum absolute atomic E-state index is 12.2. The molecule has 6 nitrogen and oxygen atoms in total. The molecule has 1 N–H and O–H groups in total. The molecule has 2 amide bonds. The quantitative estimate of drug-likeness (QED) is 0.769. The van der Waals surface area contributed by atoms with Crippen molar-refractivity contribution >= 4 is 11.8 Å². The second kappa shape index (κ2) is 7.04. The number of hydrogen-bond donors (Lipinski definition) is 1. The van der Waals surface area contributed by atoms with Gasteiger partial charge in [-0.05, 0) is 20.3 Å². The molecule has 1 unspecified atom stereocenters. The molecule has 0 bridgehead atoms. The van der Waals surface area contributed by atoms with Crippen molar-refractivity contribution in [3.8, 4) is 0 Å². The van der Waals surface area contributed by atoms with Gasteiger partial charge in [0, 0.05) is 38.8 Å². The van der Waals surface area contributed by atoms with Crippen LogP contribution in [0.4, 0.5) is 0 Å². The second-order valence-corrected chi connectivity index (χ2v) is 5.88. The minimum atomic E-state index is 0.0470. The molecule has 0 aromatic carbocycles. The fourth-order valence-corrected chi connectivity index (χ4v) is 2.68. The van der Waals surface area contributed by atoms with Gasteiger partial charge >= 0.3 is 0 Å². The van der Waals surface area contributed by atoms with Crippen molar-refractivity contribution in [1.82, 2.24) is 15.1 Å². The number of amides is 2. The van der Waals surface area contributed by atoms with Crippen LogP contribution in [0.2, 0.25) is 0 Å². The minimum absolute atomic E-state index is 0.0470. The largest absolute Gasteiger partial charge is 0.381 e. The van der Waals surface area contributed by atoms with Crippen molar-refractivity contribution in [2.75, 3.05) is 45.9 Å². The highest BCUT2D eigenvalue weighted by Crippen LogP contribution is 2.16. The first-order valence-corrected chi connectivity index (χ1v) is 7.44. The van der Waals surface area contributed by atoms with Gasteiger partial charge in [0.25, 0.3) is 0 Å². The summed E-state index contributed by atoms with van der Waals surface area (Å²) in [5.41, 5.74) is 0. The molecule has 2 aliphatic heterocycles. The lowest BCUT2D eigenvalue weighted by Crippen LogP contribution is -2.52. The molecular weight excluding hydrogens is 258 g/mol. The first kappa shape index (κ1) is 15.3. The van der Waals surface area contributed by atoms with E-state index in [2.05, 4.69) is 10.2 Å². The van der Waals surface area contributed by atoms with Crippen LogP contribution in [0.5, 0.6) is 0 Å². The summed E-state index contributed by atoms with van der Waals surface area (Å²) in [5, 5.41) is 2.89. The smallest absolute Gasteiger partial charge is 0.234 e. The monoisotopic (exact) mass is 283 g/mol.